The molecule has 0 fully saturated rings. The van der Waals surface area contributed by atoms with Gasteiger partial charge in [0.25, 0.3) is 0 Å². The van der Waals surface area contributed by atoms with Gasteiger partial charge in [0.1, 0.15) is 5.58 Å². The van der Waals surface area contributed by atoms with Gasteiger partial charge in [-0.25, -0.2) is 4.79 Å². The smallest absolute Gasteiger partial charge is 0.335 e. The Morgan fingerprint density at radius 1 is 1.06 bits per heavy atom. The molecule has 172 valence electrons. The zero-order valence-corrected chi connectivity index (χ0v) is 19.6. The van der Waals surface area contributed by atoms with Crippen LogP contribution in [-0.4, -0.2) is 27.1 Å². The Morgan fingerprint density at radius 2 is 1.78 bits per heavy atom. The summed E-state index contributed by atoms with van der Waals surface area (Å²) in [5.74, 6) is -0.731. The van der Waals surface area contributed by atoms with Crippen LogP contribution in [0.25, 0.3) is 21.9 Å². The summed E-state index contributed by atoms with van der Waals surface area (Å²) < 4.78 is 24.8. The average molecular weight is 459 g/mol. The molecule has 32 heavy (non-hydrogen) atoms. The van der Waals surface area contributed by atoms with Crippen LogP contribution in [0.3, 0.4) is 0 Å². The second kappa shape index (κ2) is 10.8. The minimum Gasteiger partial charge on any atom is -0.490 e. The summed E-state index contributed by atoms with van der Waals surface area (Å²) in [6, 6.07) is 7.46. The zero-order chi connectivity index (χ0) is 23.3. The van der Waals surface area contributed by atoms with Crippen LogP contribution in [0.5, 0.6) is 5.75 Å². The first kappa shape index (κ1) is 24.0. The fourth-order valence-electron chi connectivity index (χ4n) is 3.60. The van der Waals surface area contributed by atoms with Crippen molar-refractivity contribution in [1.82, 2.24) is 0 Å². The summed E-state index contributed by atoms with van der Waals surface area (Å²) >= 11 is 0. The first-order valence-corrected chi connectivity index (χ1v) is 12.4. The molecule has 7 heteroatoms. The molecule has 0 spiro atoms. The Balaban J connectivity index is 2.02. The van der Waals surface area contributed by atoms with Crippen LogP contribution in [0.15, 0.2) is 44.4 Å². The van der Waals surface area contributed by atoms with E-state index in [2.05, 4.69) is 6.92 Å². The Morgan fingerprint density at radius 3 is 2.47 bits per heavy atom. The third-order valence-corrected chi connectivity index (χ3v) is 6.93. The minimum atomic E-state index is -1.32. The highest BCUT2D eigenvalue weighted by atomic mass is 32.2. The number of carboxylic acid groups (broad SMARTS) is 1. The first-order valence-electron chi connectivity index (χ1n) is 11.1. The summed E-state index contributed by atoms with van der Waals surface area (Å²) in [4.78, 5) is 25.0. The van der Waals surface area contributed by atoms with Crippen molar-refractivity contribution in [3.8, 4) is 5.75 Å². The van der Waals surface area contributed by atoms with Crippen molar-refractivity contribution in [2.24, 2.45) is 0 Å². The highest BCUT2D eigenvalue weighted by molar-refractivity contribution is 7.85. The number of rotatable bonds is 11. The van der Waals surface area contributed by atoms with E-state index in [9.17, 15) is 18.9 Å². The lowest BCUT2D eigenvalue weighted by Crippen LogP contribution is -2.10. The van der Waals surface area contributed by atoms with Crippen molar-refractivity contribution < 1.29 is 23.3 Å². The van der Waals surface area contributed by atoms with Gasteiger partial charge in [-0.1, -0.05) is 52.9 Å². The number of hydrogen-bond acceptors (Lipinski definition) is 5. The van der Waals surface area contributed by atoms with Gasteiger partial charge >= 0.3 is 5.97 Å². The van der Waals surface area contributed by atoms with Crippen LogP contribution in [0.4, 0.5) is 0 Å². The summed E-state index contributed by atoms with van der Waals surface area (Å²) in [5, 5.41) is 9.55. The third-order valence-electron chi connectivity index (χ3n) is 5.37. The molecule has 0 aliphatic rings. The molecule has 0 radical (unpaired) electrons. The van der Waals surface area contributed by atoms with E-state index in [1.807, 2.05) is 13.8 Å². The maximum absolute atomic E-state index is 13.2. The molecule has 1 atom stereocenters. The Kier molecular flexibility index (Phi) is 8.07. The summed E-state index contributed by atoms with van der Waals surface area (Å²) in [5.41, 5.74) is 0.220. The van der Waals surface area contributed by atoms with Crippen LogP contribution >= 0.6 is 0 Å². The van der Waals surface area contributed by atoms with Gasteiger partial charge < -0.3 is 14.3 Å². The quantitative estimate of drug-likeness (QED) is 0.284. The van der Waals surface area contributed by atoms with Crippen LogP contribution in [0.2, 0.25) is 0 Å². The summed E-state index contributed by atoms with van der Waals surface area (Å²) in [7, 11) is -1.32. The van der Waals surface area contributed by atoms with E-state index in [4.69, 9.17) is 9.15 Å². The van der Waals surface area contributed by atoms with Gasteiger partial charge in [-0.05, 0) is 30.7 Å². The van der Waals surface area contributed by atoms with Gasteiger partial charge in [-0.3, -0.25) is 9.00 Å². The molecule has 0 aliphatic carbocycles. The normalized spacial score (nSPS) is 12.5. The van der Waals surface area contributed by atoms with E-state index in [0.717, 1.165) is 19.3 Å². The Hall–Kier alpha value is -2.67. The van der Waals surface area contributed by atoms with E-state index >= 15 is 0 Å². The zero-order valence-electron chi connectivity index (χ0n) is 18.8. The van der Waals surface area contributed by atoms with Gasteiger partial charge in [-0.15, -0.1) is 0 Å². The lowest BCUT2D eigenvalue weighted by molar-refractivity contribution is 0.0697. The molecular weight excluding hydrogens is 428 g/mol. The van der Waals surface area contributed by atoms with E-state index in [1.54, 1.807) is 12.1 Å². The van der Waals surface area contributed by atoms with Crippen LogP contribution in [-0.2, 0) is 10.8 Å². The molecular formula is C25H30O6S. The monoisotopic (exact) mass is 458 g/mol. The number of fused-ring (bicyclic) bond motifs is 2. The number of hydrogen-bond donors (Lipinski definition) is 1. The van der Waals surface area contributed by atoms with Gasteiger partial charge in [0.15, 0.2) is 11.3 Å². The topological polar surface area (TPSA) is 93.8 Å². The predicted molar refractivity (Wildman–Crippen MR) is 127 cm³/mol. The number of carbonyl (C=O) groups is 1. The Labute approximate surface area is 190 Å². The highest BCUT2D eigenvalue weighted by Crippen LogP contribution is 2.31. The van der Waals surface area contributed by atoms with Crippen molar-refractivity contribution in [3.05, 3.63) is 46.1 Å². The van der Waals surface area contributed by atoms with Crippen LogP contribution in [0.1, 0.15) is 69.7 Å². The van der Waals surface area contributed by atoms with Crippen LogP contribution in [0, 0.1) is 0 Å². The molecule has 0 bridgehead atoms. The molecule has 3 aromatic rings. The number of benzene rings is 2. The van der Waals surface area contributed by atoms with Gasteiger partial charge in [0.05, 0.1) is 33.7 Å². The lowest BCUT2D eigenvalue weighted by Gasteiger charge is -2.13. The van der Waals surface area contributed by atoms with E-state index in [0.29, 0.717) is 22.8 Å². The molecule has 0 saturated carbocycles. The Bertz CT molecular complexity index is 1190. The number of aromatic carboxylic acids is 1. The minimum absolute atomic E-state index is 0.00519. The maximum Gasteiger partial charge on any atom is 0.335 e. The molecule has 2 aromatic carbocycles. The number of carboxylic acids is 1. The van der Waals surface area contributed by atoms with Crippen molar-refractivity contribution in [3.63, 3.8) is 0 Å². The van der Waals surface area contributed by atoms with Crippen molar-refractivity contribution in [2.45, 2.75) is 69.4 Å². The molecule has 0 amide bonds. The second-order valence-corrected chi connectivity index (χ2v) is 10.2. The molecule has 1 aromatic heterocycles. The van der Waals surface area contributed by atoms with Crippen LogP contribution < -0.4 is 10.2 Å². The largest absolute Gasteiger partial charge is 0.490 e. The standard InChI is InChI=1S/C25H30O6S/c1-4-5-6-7-8-9-12-30-22-15-18(32(29)16(2)3)14-20-23(26)19-13-17(25(27)28)10-11-21(19)31-24(20)22/h10-11,13-16H,4-9,12H2,1-3H3,(H,27,28). The molecule has 0 saturated heterocycles. The maximum atomic E-state index is 13.2. The predicted octanol–water partition coefficient (Wildman–Crippen LogP) is 5.90. The molecule has 1 unspecified atom stereocenters. The van der Waals surface area contributed by atoms with E-state index < -0.39 is 16.8 Å². The second-order valence-electron chi connectivity index (χ2n) is 8.21. The van der Waals surface area contributed by atoms with Gasteiger partial charge in [0, 0.05) is 16.2 Å². The molecule has 3 rings (SSSR count). The SMILES string of the molecule is CCCCCCCCOc1cc(S(=O)C(C)C)cc2c(=O)c3cc(C(=O)O)ccc3oc12. The highest BCUT2D eigenvalue weighted by Gasteiger charge is 2.19. The first-order chi connectivity index (χ1) is 15.3. The van der Waals surface area contributed by atoms with Crippen molar-refractivity contribution in [1.29, 1.82) is 0 Å². The van der Waals surface area contributed by atoms with E-state index in [1.165, 1.54) is 37.5 Å². The molecule has 1 heterocycles. The molecule has 6 nitrogen and oxygen atoms in total. The number of ether oxygens (including phenoxy) is 1. The fraction of sp³-hybridized carbons (Fsp3) is 0.440. The van der Waals surface area contributed by atoms with Gasteiger partial charge in [-0.2, -0.15) is 0 Å². The summed E-state index contributed by atoms with van der Waals surface area (Å²) in [6.45, 7) is 6.35. The molecule has 1 N–H and O–H groups in total. The van der Waals surface area contributed by atoms with Crippen molar-refractivity contribution >= 4 is 38.7 Å². The third kappa shape index (κ3) is 5.38. The fourth-order valence-corrected chi connectivity index (χ4v) is 4.60. The van der Waals surface area contributed by atoms with Gasteiger partial charge in [0.2, 0.25) is 5.43 Å². The average Bonchev–Trinajstić information content (AvgIpc) is 2.77. The number of unbranched alkanes of at least 4 members (excludes halogenated alkanes) is 5. The lowest BCUT2D eigenvalue weighted by atomic mass is 10.1. The van der Waals surface area contributed by atoms with Crippen molar-refractivity contribution in [2.75, 3.05) is 6.61 Å². The molecule has 0 aliphatic heterocycles. The summed E-state index contributed by atoms with van der Waals surface area (Å²) in [6.07, 6.45) is 6.73. The van der Waals surface area contributed by atoms with E-state index in [-0.39, 0.29) is 32.6 Å².